The molecule has 0 aromatic heterocycles. The summed E-state index contributed by atoms with van der Waals surface area (Å²) in [7, 11) is 0. The molecule has 0 nitrogen and oxygen atoms in total. The molecule has 0 heteroatoms. The molecule has 0 aliphatic heterocycles. The Morgan fingerprint density at radius 2 is 0.833 bits per heavy atom. The maximum atomic E-state index is 2.40. The van der Waals surface area contributed by atoms with Crippen LogP contribution in [-0.2, 0) is 0 Å². The molecule has 0 saturated heterocycles. The normalized spacial score (nSPS) is 43.6. The summed E-state index contributed by atoms with van der Waals surface area (Å²) in [6, 6.07) is 18.5. The average Bonchev–Trinajstić information content (AvgIpc) is 3.00. The molecule has 4 atom stereocenters. The van der Waals surface area contributed by atoms with Crippen LogP contribution in [-0.4, -0.2) is 0 Å². The minimum absolute atomic E-state index is 0.818. The minimum atomic E-state index is 0.818. The molecule has 2 aromatic carbocycles. The smallest absolute Gasteiger partial charge is 0.00152 e. The highest BCUT2D eigenvalue weighted by molar-refractivity contribution is 5.62. The van der Waals surface area contributed by atoms with Gasteiger partial charge >= 0.3 is 0 Å². The maximum Gasteiger partial charge on any atom is -0.00152 e. The third-order valence-corrected chi connectivity index (χ3v) is 6.16. The third-order valence-electron chi connectivity index (χ3n) is 6.16. The Bertz CT molecular complexity index is 662. The van der Waals surface area contributed by atoms with Crippen LogP contribution in [0.2, 0.25) is 0 Å². The van der Waals surface area contributed by atoms with Crippen molar-refractivity contribution in [3.8, 4) is 0 Å². The van der Waals surface area contributed by atoms with E-state index in [0.29, 0.717) is 0 Å². The average molecular weight is 230 g/mol. The van der Waals surface area contributed by atoms with Gasteiger partial charge < -0.3 is 0 Å². The molecule has 5 aliphatic carbocycles. The summed E-state index contributed by atoms with van der Waals surface area (Å²) in [6.07, 6.45) is 0. The lowest BCUT2D eigenvalue weighted by molar-refractivity contribution is 0.477. The first-order valence-electron chi connectivity index (χ1n) is 7.14. The zero-order valence-corrected chi connectivity index (χ0v) is 10.1. The summed E-state index contributed by atoms with van der Waals surface area (Å²) >= 11 is 0. The summed E-state index contributed by atoms with van der Waals surface area (Å²) in [4.78, 5) is 0. The number of fused-ring (bicyclic) bond motifs is 1. The Morgan fingerprint density at radius 1 is 0.444 bits per heavy atom. The van der Waals surface area contributed by atoms with Gasteiger partial charge in [0.1, 0.15) is 0 Å². The van der Waals surface area contributed by atoms with Gasteiger partial charge in [-0.3, -0.25) is 0 Å². The molecule has 2 aromatic rings. The highest BCUT2D eigenvalue weighted by Crippen LogP contribution is 2.85. The van der Waals surface area contributed by atoms with Gasteiger partial charge in [-0.05, 0) is 57.8 Å². The van der Waals surface area contributed by atoms with Gasteiger partial charge in [-0.2, -0.15) is 0 Å². The first-order chi connectivity index (χ1) is 8.97. The van der Waals surface area contributed by atoms with Crippen LogP contribution in [0.15, 0.2) is 48.5 Å². The monoisotopic (exact) mass is 230 g/mol. The van der Waals surface area contributed by atoms with Crippen molar-refractivity contribution in [3.05, 3.63) is 70.8 Å². The van der Waals surface area contributed by atoms with E-state index in [1.165, 1.54) is 0 Å². The largest absolute Gasteiger partial charge is 0.0620 e. The van der Waals surface area contributed by atoms with Gasteiger partial charge in [0.25, 0.3) is 0 Å². The second-order valence-corrected chi connectivity index (χ2v) is 6.52. The number of hydrogen-bond acceptors (Lipinski definition) is 0. The predicted molar refractivity (Wildman–Crippen MR) is 70.8 cm³/mol. The first-order valence-corrected chi connectivity index (χ1v) is 7.14. The van der Waals surface area contributed by atoms with Gasteiger partial charge in [-0.25, -0.2) is 0 Å². The molecule has 0 amide bonds. The van der Waals surface area contributed by atoms with Gasteiger partial charge in [0.05, 0.1) is 0 Å². The molecule has 0 heterocycles. The van der Waals surface area contributed by atoms with Gasteiger partial charge in [0.15, 0.2) is 0 Å². The first kappa shape index (κ1) is 8.53. The molecule has 6 bridgehead atoms. The molecule has 0 unspecified atom stereocenters. The highest BCUT2D eigenvalue weighted by atomic mass is 14.8. The van der Waals surface area contributed by atoms with E-state index in [-0.39, 0.29) is 0 Å². The van der Waals surface area contributed by atoms with Crippen molar-refractivity contribution in [2.75, 3.05) is 0 Å². The van der Waals surface area contributed by atoms with Crippen molar-refractivity contribution < 1.29 is 0 Å². The van der Waals surface area contributed by atoms with Crippen molar-refractivity contribution in [1.82, 2.24) is 0 Å². The Hall–Kier alpha value is -1.56. The van der Waals surface area contributed by atoms with Crippen molar-refractivity contribution in [2.45, 2.75) is 23.7 Å². The summed E-state index contributed by atoms with van der Waals surface area (Å²) in [5.74, 6) is 5.41. The molecular formula is C18H14. The highest BCUT2D eigenvalue weighted by Gasteiger charge is 2.74. The Balaban J connectivity index is 1.69. The van der Waals surface area contributed by atoms with Gasteiger partial charge in [0.2, 0.25) is 0 Å². The zero-order chi connectivity index (χ0) is 11.4. The molecule has 86 valence electrons. The molecule has 5 aliphatic rings. The van der Waals surface area contributed by atoms with E-state index in [9.17, 15) is 0 Å². The second kappa shape index (κ2) is 2.42. The second-order valence-electron chi connectivity index (χ2n) is 6.52. The molecule has 0 spiro atoms. The third kappa shape index (κ3) is 0.669. The Labute approximate surface area is 107 Å². The topological polar surface area (TPSA) is 0 Å². The van der Waals surface area contributed by atoms with Crippen LogP contribution in [0.1, 0.15) is 45.9 Å². The van der Waals surface area contributed by atoms with Gasteiger partial charge in [0, 0.05) is 0 Å². The molecule has 2 saturated carbocycles. The van der Waals surface area contributed by atoms with E-state index in [1.54, 1.807) is 22.3 Å². The van der Waals surface area contributed by atoms with Crippen molar-refractivity contribution in [3.63, 3.8) is 0 Å². The van der Waals surface area contributed by atoms with Gasteiger partial charge in [-0.15, -0.1) is 0 Å². The number of rotatable bonds is 0. The van der Waals surface area contributed by atoms with Crippen molar-refractivity contribution in [1.29, 1.82) is 0 Å². The fourth-order valence-corrected chi connectivity index (χ4v) is 5.83. The van der Waals surface area contributed by atoms with Crippen LogP contribution < -0.4 is 0 Å². The molecule has 18 heavy (non-hydrogen) atoms. The molecular weight excluding hydrogens is 216 g/mol. The van der Waals surface area contributed by atoms with E-state index in [0.717, 1.165) is 35.5 Å². The van der Waals surface area contributed by atoms with E-state index in [2.05, 4.69) is 48.5 Å². The molecule has 7 rings (SSSR count). The van der Waals surface area contributed by atoms with Crippen LogP contribution in [0, 0.1) is 11.8 Å². The maximum absolute atomic E-state index is 2.40. The summed E-state index contributed by atoms with van der Waals surface area (Å²) in [5, 5.41) is 0. The SMILES string of the molecule is c1ccc2c(c1)C1[C@H]3[C@H]1[C@@H]1c4ccccc4[C@@H]3C21. The number of benzene rings is 2. The lowest BCUT2D eigenvalue weighted by Gasteiger charge is -2.31. The Kier molecular flexibility index (Phi) is 1.15. The molecule has 0 radical (unpaired) electrons. The standard InChI is InChI=1S/C18H14/c1-4-8-12-9(5-1)13-14-10-6-2-3-7-11(10)15(13)18-16(12)17(14)18/h1-8,13-18H/t13?,14-,15-,16?,17+,18+/m1/s1. The number of hydrogen-bond donors (Lipinski definition) is 0. The minimum Gasteiger partial charge on any atom is -0.0620 e. The van der Waals surface area contributed by atoms with Crippen LogP contribution in [0.4, 0.5) is 0 Å². The molecule has 0 N–H and O–H groups in total. The quantitative estimate of drug-likeness (QED) is 0.641. The van der Waals surface area contributed by atoms with Gasteiger partial charge in [-0.1, -0.05) is 48.5 Å². The Morgan fingerprint density at radius 3 is 1.33 bits per heavy atom. The van der Waals surface area contributed by atoms with Crippen molar-refractivity contribution >= 4 is 0 Å². The lowest BCUT2D eigenvalue weighted by Crippen LogP contribution is -2.17. The fourth-order valence-electron chi connectivity index (χ4n) is 5.83. The van der Waals surface area contributed by atoms with E-state index in [1.807, 2.05) is 0 Å². The molecule has 2 fully saturated rings. The fraction of sp³-hybridized carbons (Fsp3) is 0.333. The zero-order valence-electron chi connectivity index (χ0n) is 10.1. The van der Waals surface area contributed by atoms with Crippen LogP contribution in [0.5, 0.6) is 0 Å². The van der Waals surface area contributed by atoms with E-state index >= 15 is 0 Å². The van der Waals surface area contributed by atoms with Crippen molar-refractivity contribution in [2.24, 2.45) is 11.8 Å². The predicted octanol–water partition coefficient (Wildman–Crippen LogP) is 4.01. The summed E-state index contributed by atoms with van der Waals surface area (Å²) in [6.45, 7) is 0. The van der Waals surface area contributed by atoms with E-state index < -0.39 is 0 Å². The summed E-state index contributed by atoms with van der Waals surface area (Å²) < 4.78 is 0. The van der Waals surface area contributed by atoms with Crippen LogP contribution in [0.3, 0.4) is 0 Å². The van der Waals surface area contributed by atoms with E-state index in [4.69, 9.17) is 0 Å². The lowest BCUT2D eigenvalue weighted by atomic mass is 9.72. The van der Waals surface area contributed by atoms with Crippen LogP contribution in [0.25, 0.3) is 0 Å². The summed E-state index contributed by atoms with van der Waals surface area (Å²) in [5.41, 5.74) is 6.74. The van der Waals surface area contributed by atoms with Crippen LogP contribution >= 0.6 is 0 Å².